The van der Waals surface area contributed by atoms with Crippen LogP contribution in [-0.2, 0) is 19.0 Å². The van der Waals surface area contributed by atoms with E-state index in [1.165, 1.54) is 12.5 Å². The van der Waals surface area contributed by atoms with E-state index < -0.39 is 22.5 Å². The molecule has 5 heteroatoms. The first-order chi connectivity index (χ1) is 10.4. The number of carbonyl (C=O) groups is 1. The Labute approximate surface area is 130 Å². The van der Waals surface area contributed by atoms with Crippen LogP contribution < -0.4 is 0 Å². The van der Waals surface area contributed by atoms with Gasteiger partial charge in [0.15, 0.2) is 0 Å². The summed E-state index contributed by atoms with van der Waals surface area (Å²) in [6.07, 6.45) is 3.86. The quantitative estimate of drug-likeness (QED) is 0.476. The number of epoxide rings is 1. The van der Waals surface area contributed by atoms with E-state index in [1.54, 1.807) is 0 Å². The van der Waals surface area contributed by atoms with E-state index in [1.807, 2.05) is 0 Å². The van der Waals surface area contributed by atoms with Gasteiger partial charge < -0.3 is 19.3 Å². The zero-order valence-corrected chi connectivity index (χ0v) is 13.4. The average molecular weight is 308 g/mol. The molecule has 0 amide bonds. The fourth-order valence-electron chi connectivity index (χ4n) is 5.23. The molecule has 1 N–H and O–H groups in total. The third-order valence-electron chi connectivity index (χ3n) is 6.78. The molecule has 2 heterocycles. The van der Waals surface area contributed by atoms with Crippen LogP contribution in [0.4, 0.5) is 0 Å². The molecule has 2 bridgehead atoms. The molecule has 4 aliphatic rings. The molecular formula is C17H24O5. The second-order valence-corrected chi connectivity index (χ2v) is 7.63. The Morgan fingerprint density at radius 1 is 1.55 bits per heavy atom. The zero-order chi connectivity index (χ0) is 15.8. The molecule has 2 aliphatic heterocycles. The van der Waals surface area contributed by atoms with Crippen LogP contribution in [0.3, 0.4) is 0 Å². The van der Waals surface area contributed by atoms with Gasteiger partial charge in [-0.2, -0.15) is 0 Å². The molecule has 0 radical (unpaired) electrons. The van der Waals surface area contributed by atoms with Crippen LogP contribution in [0.2, 0.25) is 0 Å². The number of ether oxygens (including phenoxy) is 3. The van der Waals surface area contributed by atoms with Gasteiger partial charge in [0.05, 0.1) is 24.9 Å². The monoisotopic (exact) mass is 308 g/mol. The SMILES string of the molecule is CC(=O)OC[C@]12CCC(C)=C[C@H]1O[C@@H]1C[C@@H](O)[C@@]2(C)C12CO2. The molecule has 1 unspecified atom stereocenters. The third kappa shape index (κ3) is 1.52. The normalized spacial score (nSPS) is 52.2. The van der Waals surface area contributed by atoms with Crippen LogP contribution >= 0.6 is 0 Å². The van der Waals surface area contributed by atoms with Gasteiger partial charge in [-0.3, -0.25) is 4.79 Å². The topological polar surface area (TPSA) is 68.3 Å². The molecule has 122 valence electrons. The molecule has 0 aromatic heterocycles. The fourth-order valence-corrected chi connectivity index (χ4v) is 5.23. The van der Waals surface area contributed by atoms with Crippen LogP contribution in [0, 0.1) is 10.8 Å². The number of fused-ring (bicyclic) bond motifs is 2. The van der Waals surface area contributed by atoms with Crippen LogP contribution in [0.1, 0.15) is 40.0 Å². The molecular weight excluding hydrogens is 284 g/mol. The van der Waals surface area contributed by atoms with Gasteiger partial charge in [-0.05, 0) is 19.8 Å². The highest BCUT2D eigenvalue weighted by Gasteiger charge is 2.81. The largest absolute Gasteiger partial charge is 0.465 e. The first-order valence-corrected chi connectivity index (χ1v) is 8.14. The number of carbonyl (C=O) groups excluding carboxylic acids is 1. The molecule has 1 saturated carbocycles. The van der Waals surface area contributed by atoms with E-state index >= 15 is 0 Å². The van der Waals surface area contributed by atoms with Crippen molar-refractivity contribution in [3.05, 3.63) is 11.6 Å². The van der Waals surface area contributed by atoms with E-state index in [4.69, 9.17) is 14.2 Å². The van der Waals surface area contributed by atoms with Crippen LogP contribution in [-0.4, -0.2) is 48.2 Å². The standard InChI is InChI=1S/C17H24O5/c1-10-4-5-16(8-20-11(2)18)13(6-10)22-14-7-12(19)15(16,3)17(14)9-21-17/h6,12-14,19H,4-5,7-9H2,1-3H3/t12-,13-,14-,15-,16-,17?/m1/s1. The van der Waals surface area contributed by atoms with Gasteiger partial charge in [0.1, 0.15) is 12.2 Å². The van der Waals surface area contributed by atoms with E-state index in [0.29, 0.717) is 13.0 Å². The van der Waals surface area contributed by atoms with Crippen molar-refractivity contribution in [3.63, 3.8) is 0 Å². The molecule has 3 fully saturated rings. The van der Waals surface area contributed by atoms with Crippen molar-refractivity contribution in [1.29, 1.82) is 0 Å². The lowest BCUT2D eigenvalue weighted by Crippen LogP contribution is -2.66. The maximum absolute atomic E-state index is 11.4. The Morgan fingerprint density at radius 3 is 2.91 bits per heavy atom. The summed E-state index contributed by atoms with van der Waals surface area (Å²) in [6.45, 7) is 6.55. The number of hydrogen-bond acceptors (Lipinski definition) is 5. The van der Waals surface area contributed by atoms with Crippen molar-refractivity contribution in [2.75, 3.05) is 13.2 Å². The lowest BCUT2D eigenvalue weighted by atomic mass is 9.51. The minimum atomic E-state index is -0.493. The van der Waals surface area contributed by atoms with Crippen LogP contribution in [0.5, 0.6) is 0 Å². The van der Waals surface area contributed by atoms with Crippen molar-refractivity contribution in [2.45, 2.75) is 63.9 Å². The van der Waals surface area contributed by atoms with Gasteiger partial charge >= 0.3 is 5.97 Å². The third-order valence-corrected chi connectivity index (χ3v) is 6.78. The van der Waals surface area contributed by atoms with Gasteiger partial charge in [0.2, 0.25) is 0 Å². The average Bonchev–Trinajstić information content (AvgIpc) is 3.22. The summed E-state index contributed by atoms with van der Waals surface area (Å²) in [5.74, 6) is -0.289. The van der Waals surface area contributed by atoms with Gasteiger partial charge in [-0.1, -0.05) is 18.6 Å². The summed E-state index contributed by atoms with van der Waals surface area (Å²) in [5.41, 5.74) is 0.0392. The summed E-state index contributed by atoms with van der Waals surface area (Å²) in [5, 5.41) is 10.8. The number of allylic oxidation sites excluding steroid dienone is 1. The fraction of sp³-hybridized carbons (Fsp3) is 0.824. The van der Waals surface area contributed by atoms with Gasteiger partial charge in [0.25, 0.3) is 0 Å². The molecule has 0 aromatic carbocycles. The Bertz CT molecular complexity index is 551. The summed E-state index contributed by atoms with van der Waals surface area (Å²) < 4.78 is 17.7. The Kier molecular flexibility index (Phi) is 2.89. The Hall–Kier alpha value is -0.910. The second kappa shape index (κ2) is 4.34. The van der Waals surface area contributed by atoms with Crippen molar-refractivity contribution < 1.29 is 24.1 Å². The van der Waals surface area contributed by atoms with Crippen molar-refractivity contribution in [1.82, 2.24) is 0 Å². The summed E-state index contributed by atoms with van der Waals surface area (Å²) in [4.78, 5) is 11.4. The minimum absolute atomic E-state index is 0.0647. The number of hydrogen-bond donors (Lipinski definition) is 1. The van der Waals surface area contributed by atoms with E-state index in [-0.39, 0.29) is 24.8 Å². The minimum Gasteiger partial charge on any atom is -0.465 e. The predicted molar refractivity (Wildman–Crippen MR) is 78.1 cm³/mol. The van der Waals surface area contributed by atoms with Crippen molar-refractivity contribution >= 4 is 5.97 Å². The van der Waals surface area contributed by atoms with Crippen molar-refractivity contribution in [2.24, 2.45) is 10.8 Å². The molecule has 4 rings (SSSR count). The highest BCUT2D eigenvalue weighted by molar-refractivity contribution is 5.66. The lowest BCUT2D eigenvalue weighted by molar-refractivity contribution is -0.229. The molecule has 5 nitrogen and oxygen atoms in total. The maximum atomic E-state index is 11.4. The first kappa shape index (κ1) is 14.7. The van der Waals surface area contributed by atoms with Crippen molar-refractivity contribution in [3.8, 4) is 0 Å². The van der Waals surface area contributed by atoms with E-state index in [0.717, 1.165) is 12.8 Å². The Morgan fingerprint density at radius 2 is 2.27 bits per heavy atom. The lowest BCUT2D eigenvalue weighted by Gasteiger charge is -2.58. The van der Waals surface area contributed by atoms with Crippen LogP contribution in [0.15, 0.2) is 11.6 Å². The molecule has 2 aliphatic carbocycles. The highest BCUT2D eigenvalue weighted by atomic mass is 16.6. The predicted octanol–water partition coefficient (Wildman–Crippen LogP) is 1.58. The van der Waals surface area contributed by atoms with Crippen LogP contribution in [0.25, 0.3) is 0 Å². The molecule has 22 heavy (non-hydrogen) atoms. The number of aliphatic hydroxyl groups excluding tert-OH is 1. The molecule has 1 spiro atoms. The molecule has 6 atom stereocenters. The van der Waals surface area contributed by atoms with E-state index in [2.05, 4.69) is 19.9 Å². The first-order valence-electron chi connectivity index (χ1n) is 8.14. The maximum Gasteiger partial charge on any atom is 0.302 e. The van der Waals surface area contributed by atoms with Gasteiger partial charge in [0, 0.05) is 24.2 Å². The molecule has 0 aromatic rings. The summed E-state index contributed by atoms with van der Waals surface area (Å²) in [6, 6.07) is 0. The number of aliphatic hydroxyl groups is 1. The highest BCUT2D eigenvalue weighted by Crippen LogP contribution is 2.71. The zero-order valence-electron chi connectivity index (χ0n) is 13.4. The number of esters is 1. The summed E-state index contributed by atoms with van der Waals surface area (Å²) in [7, 11) is 0. The summed E-state index contributed by atoms with van der Waals surface area (Å²) >= 11 is 0. The smallest absolute Gasteiger partial charge is 0.302 e. The Balaban J connectivity index is 1.82. The van der Waals surface area contributed by atoms with Gasteiger partial charge in [-0.25, -0.2) is 0 Å². The molecule has 2 saturated heterocycles. The van der Waals surface area contributed by atoms with E-state index in [9.17, 15) is 9.90 Å². The number of rotatable bonds is 2. The van der Waals surface area contributed by atoms with Gasteiger partial charge in [-0.15, -0.1) is 0 Å². The second-order valence-electron chi connectivity index (χ2n) is 7.63.